The molecular formula is C18H15BrN2O2. The van der Waals surface area contributed by atoms with E-state index in [2.05, 4.69) is 21.2 Å². The van der Waals surface area contributed by atoms with Gasteiger partial charge >= 0.3 is 0 Å². The van der Waals surface area contributed by atoms with Crippen LogP contribution in [0.3, 0.4) is 0 Å². The molecule has 0 radical (unpaired) electrons. The molecule has 2 N–H and O–H groups in total. The van der Waals surface area contributed by atoms with Crippen LogP contribution in [0.2, 0.25) is 0 Å². The maximum Gasteiger partial charge on any atom is 0.261 e. The molecule has 2 aromatic carbocycles. The summed E-state index contributed by atoms with van der Waals surface area (Å²) in [5, 5.41) is 11.5. The lowest BCUT2D eigenvalue weighted by Gasteiger charge is -2.08. The number of aryl methyl sites for hydroxylation is 2. The normalized spacial score (nSPS) is 10.7. The summed E-state index contributed by atoms with van der Waals surface area (Å²) in [6.45, 7) is 4.01. The van der Waals surface area contributed by atoms with Gasteiger partial charge < -0.3 is 9.73 Å². The van der Waals surface area contributed by atoms with Gasteiger partial charge in [-0.2, -0.15) is 0 Å². The predicted octanol–water partition coefficient (Wildman–Crippen LogP) is 4.54. The molecule has 0 aliphatic carbocycles. The van der Waals surface area contributed by atoms with E-state index in [1.54, 1.807) is 12.1 Å². The first-order chi connectivity index (χ1) is 10.9. The Balaban J connectivity index is 1.98. The SMILES string of the molecule is Cc1ccc(NC(=O)c2cc3cc(Br)ccc3oc2=N)cc1C. The van der Waals surface area contributed by atoms with E-state index in [1.165, 1.54) is 0 Å². The van der Waals surface area contributed by atoms with Crippen molar-refractivity contribution in [3.05, 3.63) is 69.2 Å². The second-order valence-electron chi connectivity index (χ2n) is 5.42. The van der Waals surface area contributed by atoms with E-state index in [9.17, 15) is 4.79 Å². The van der Waals surface area contributed by atoms with E-state index in [1.807, 2.05) is 44.2 Å². The Bertz CT molecular complexity index is 976. The number of fused-ring (bicyclic) bond motifs is 1. The third-order valence-corrected chi connectivity index (χ3v) is 4.23. The monoisotopic (exact) mass is 370 g/mol. The molecule has 5 heteroatoms. The van der Waals surface area contributed by atoms with Crippen molar-refractivity contribution in [2.24, 2.45) is 0 Å². The van der Waals surface area contributed by atoms with Crippen LogP contribution in [0.25, 0.3) is 11.0 Å². The lowest BCUT2D eigenvalue weighted by molar-refractivity contribution is 0.102. The zero-order valence-corrected chi connectivity index (χ0v) is 14.3. The first kappa shape index (κ1) is 15.5. The van der Waals surface area contributed by atoms with Gasteiger partial charge in [0, 0.05) is 15.5 Å². The maximum absolute atomic E-state index is 12.5. The Morgan fingerprint density at radius 1 is 1.09 bits per heavy atom. The number of halogens is 1. The van der Waals surface area contributed by atoms with Gasteiger partial charge in [-0.15, -0.1) is 0 Å². The molecule has 0 atom stereocenters. The van der Waals surface area contributed by atoms with Crippen molar-refractivity contribution in [1.82, 2.24) is 0 Å². The maximum atomic E-state index is 12.5. The average molecular weight is 371 g/mol. The molecule has 0 unspecified atom stereocenters. The van der Waals surface area contributed by atoms with Crippen molar-refractivity contribution < 1.29 is 9.21 Å². The number of carbonyl (C=O) groups is 1. The number of nitrogens with one attached hydrogen (secondary N) is 2. The van der Waals surface area contributed by atoms with E-state index in [4.69, 9.17) is 9.83 Å². The lowest BCUT2D eigenvalue weighted by atomic mass is 10.1. The zero-order chi connectivity index (χ0) is 16.6. The number of amides is 1. The molecular weight excluding hydrogens is 356 g/mol. The smallest absolute Gasteiger partial charge is 0.261 e. The highest BCUT2D eigenvalue weighted by molar-refractivity contribution is 9.10. The van der Waals surface area contributed by atoms with Gasteiger partial charge in [0.25, 0.3) is 5.91 Å². The lowest BCUT2D eigenvalue weighted by Crippen LogP contribution is -2.20. The molecule has 23 heavy (non-hydrogen) atoms. The third-order valence-electron chi connectivity index (χ3n) is 3.74. The Morgan fingerprint density at radius 2 is 1.87 bits per heavy atom. The molecule has 4 nitrogen and oxygen atoms in total. The number of rotatable bonds is 2. The second kappa shape index (κ2) is 6.01. The second-order valence-corrected chi connectivity index (χ2v) is 6.34. The molecule has 3 rings (SSSR count). The van der Waals surface area contributed by atoms with E-state index < -0.39 is 0 Å². The van der Waals surface area contributed by atoms with Crippen LogP contribution < -0.4 is 10.9 Å². The quantitative estimate of drug-likeness (QED) is 0.694. The molecule has 0 bridgehead atoms. The molecule has 0 aliphatic rings. The number of benzene rings is 2. The molecule has 116 valence electrons. The third kappa shape index (κ3) is 3.19. The fraction of sp³-hybridized carbons (Fsp3) is 0.111. The molecule has 1 aromatic heterocycles. The largest absolute Gasteiger partial charge is 0.438 e. The van der Waals surface area contributed by atoms with E-state index in [0.29, 0.717) is 11.3 Å². The zero-order valence-electron chi connectivity index (χ0n) is 12.7. The average Bonchev–Trinajstić information content (AvgIpc) is 2.50. The predicted molar refractivity (Wildman–Crippen MR) is 93.6 cm³/mol. The highest BCUT2D eigenvalue weighted by atomic mass is 79.9. The van der Waals surface area contributed by atoms with Crippen LogP contribution in [-0.2, 0) is 0 Å². The fourth-order valence-corrected chi connectivity index (χ4v) is 2.68. The van der Waals surface area contributed by atoms with Gasteiger partial charge in [-0.3, -0.25) is 10.2 Å². The molecule has 1 heterocycles. The first-order valence-electron chi connectivity index (χ1n) is 7.10. The molecule has 3 aromatic rings. The molecule has 0 spiro atoms. The number of anilines is 1. The summed E-state index contributed by atoms with van der Waals surface area (Å²) in [5.74, 6) is -0.358. The fourth-order valence-electron chi connectivity index (χ4n) is 2.30. The minimum atomic E-state index is -0.358. The summed E-state index contributed by atoms with van der Waals surface area (Å²) in [6.07, 6.45) is 0. The Kier molecular flexibility index (Phi) is 4.05. The van der Waals surface area contributed by atoms with Crippen LogP contribution >= 0.6 is 15.9 Å². The van der Waals surface area contributed by atoms with E-state index in [0.717, 1.165) is 21.0 Å². The first-order valence-corrected chi connectivity index (χ1v) is 7.90. The van der Waals surface area contributed by atoms with E-state index >= 15 is 0 Å². The minimum absolute atomic E-state index is 0.152. The summed E-state index contributed by atoms with van der Waals surface area (Å²) < 4.78 is 6.32. The van der Waals surface area contributed by atoms with Crippen LogP contribution in [0.5, 0.6) is 0 Å². The van der Waals surface area contributed by atoms with Gasteiger partial charge in [0.15, 0.2) is 0 Å². The van der Waals surface area contributed by atoms with Crippen LogP contribution in [0.4, 0.5) is 5.69 Å². The van der Waals surface area contributed by atoms with Crippen molar-refractivity contribution in [3.8, 4) is 0 Å². The number of hydrogen-bond acceptors (Lipinski definition) is 3. The van der Waals surface area contributed by atoms with Gasteiger partial charge in [-0.05, 0) is 61.4 Å². The van der Waals surface area contributed by atoms with Crippen molar-refractivity contribution >= 4 is 38.5 Å². The van der Waals surface area contributed by atoms with Crippen molar-refractivity contribution in [3.63, 3.8) is 0 Å². The Labute approximate surface area is 141 Å². The summed E-state index contributed by atoms with van der Waals surface area (Å²) >= 11 is 3.39. The molecule has 0 saturated heterocycles. The molecule has 0 aliphatic heterocycles. The molecule has 0 saturated carbocycles. The van der Waals surface area contributed by atoms with Crippen LogP contribution in [0.15, 0.2) is 51.4 Å². The summed E-state index contributed by atoms with van der Waals surface area (Å²) in [4.78, 5) is 12.5. The highest BCUT2D eigenvalue weighted by Crippen LogP contribution is 2.20. The summed E-state index contributed by atoms with van der Waals surface area (Å²) in [7, 11) is 0. The Hall–Kier alpha value is -2.40. The standard InChI is InChI=1S/C18H15BrN2O2/c1-10-3-5-14(7-11(10)2)21-18(22)15-9-12-8-13(19)4-6-16(12)23-17(15)20/h3-9,20H,1-2H3,(H,21,22). The molecule has 1 amide bonds. The van der Waals surface area contributed by atoms with E-state index in [-0.39, 0.29) is 17.0 Å². The van der Waals surface area contributed by atoms with Gasteiger partial charge in [0.2, 0.25) is 5.55 Å². The highest BCUT2D eigenvalue weighted by Gasteiger charge is 2.12. The minimum Gasteiger partial charge on any atom is -0.438 e. The summed E-state index contributed by atoms with van der Waals surface area (Å²) in [5.41, 5.74) is 3.58. The molecule has 0 fully saturated rings. The Morgan fingerprint density at radius 3 is 2.61 bits per heavy atom. The van der Waals surface area contributed by atoms with Crippen molar-refractivity contribution in [1.29, 1.82) is 5.41 Å². The van der Waals surface area contributed by atoms with Crippen molar-refractivity contribution in [2.75, 3.05) is 5.32 Å². The van der Waals surface area contributed by atoms with Gasteiger partial charge in [0.05, 0.1) is 0 Å². The van der Waals surface area contributed by atoms with Crippen molar-refractivity contribution in [2.45, 2.75) is 13.8 Å². The van der Waals surface area contributed by atoms with Crippen LogP contribution in [0, 0.1) is 19.3 Å². The number of carbonyl (C=O) groups excluding carboxylic acids is 1. The summed E-state index contributed by atoms with van der Waals surface area (Å²) in [6, 6.07) is 12.8. The van der Waals surface area contributed by atoms with Crippen LogP contribution in [-0.4, -0.2) is 5.91 Å². The van der Waals surface area contributed by atoms with Gasteiger partial charge in [-0.1, -0.05) is 22.0 Å². The van der Waals surface area contributed by atoms with Gasteiger partial charge in [0.1, 0.15) is 11.1 Å². The van der Waals surface area contributed by atoms with Gasteiger partial charge in [-0.25, -0.2) is 0 Å². The topological polar surface area (TPSA) is 66.1 Å². The van der Waals surface area contributed by atoms with Crippen LogP contribution in [0.1, 0.15) is 21.5 Å². The number of hydrogen-bond donors (Lipinski definition) is 2.